The lowest BCUT2D eigenvalue weighted by molar-refractivity contribution is 0.113. The minimum absolute atomic E-state index is 0.0442. The van der Waals surface area contributed by atoms with E-state index in [9.17, 15) is 13.5 Å². The Balaban J connectivity index is 1.87. The van der Waals surface area contributed by atoms with Crippen molar-refractivity contribution < 1.29 is 13.5 Å². The Labute approximate surface area is 124 Å². The molecule has 1 N–H and O–H groups in total. The minimum Gasteiger partial charge on any atom is -0.393 e. The summed E-state index contributed by atoms with van der Waals surface area (Å²) in [7, 11) is -3.37. The highest BCUT2D eigenvalue weighted by atomic mass is 32.2. The third-order valence-electron chi connectivity index (χ3n) is 3.87. The van der Waals surface area contributed by atoms with E-state index in [-0.39, 0.29) is 11.9 Å². The second-order valence-corrected chi connectivity index (χ2v) is 7.35. The molecule has 6 heteroatoms. The van der Waals surface area contributed by atoms with Crippen LogP contribution in [0.5, 0.6) is 0 Å². The first-order valence-electron chi connectivity index (χ1n) is 7.05. The number of para-hydroxylation sites is 1. The number of rotatable bonds is 3. The zero-order valence-corrected chi connectivity index (χ0v) is 12.5. The third-order valence-corrected chi connectivity index (χ3v) is 5.70. The summed E-state index contributed by atoms with van der Waals surface area (Å²) in [6.07, 6.45) is 2.31. The lowest BCUT2D eigenvalue weighted by Crippen LogP contribution is -2.40. The molecule has 0 amide bonds. The summed E-state index contributed by atoms with van der Waals surface area (Å²) in [6, 6.07) is 9.36. The van der Waals surface area contributed by atoms with Gasteiger partial charge in [-0.3, -0.25) is 4.98 Å². The summed E-state index contributed by atoms with van der Waals surface area (Å²) in [5.41, 5.74) is 1.46. The molecule has 0 unspecified atom stereocenters. The van der Waals surface area contributed by atoms with Crippen LogP contribution in [0.4, 0.5) is 0 Å². The fraction of sp³-hybridized carbons (Fsp3) is 0.400. The van der Waals surface area contributed by atoms with E-state index in [1.165, 1.54) is 4.31 Å². The van der Waals surface area contributed by atoms with Crippen molar-refractivity contribution in [2.45, 2.75) is 24.7 Å². The largest absolute Gasteiger partial charge is 0.393 e. The van der Waals surface area contributed by atoms with Crippen molar-refractivity contribution in [2.24, 2.45) is 0 Å². The fourth-order valence-electron chi connectivity index (χ4n) is 2.69. The topological polar surface area (TPSA) is 70.5 Å². The van der Waals surface area contributed by atoms with Gasteiger partial charge in [0.2, 0.25) is 10.0 Å². The molecule has 0 radical (unpaired) electrons. The fourth-order valence-corrected chi connectivity index (χ4v) is 4.27. The maximum Gasteiger partial charge on any atom is 0.218 e. The number of benzene rings is 1. The second-order valence-electron chi connectivity index (χ2n) is 5.38. The molecule has 0 saturated carbocycles. The Morgan fingerprint density at radius 3 is 2.67 bits per heavy atom. The van der Waals surface area contributed by atoms with Crippen LogP contribution in [0.3, 0.4) is 0 Å². The van der Waals surface area contributed by atoms with E-state index in [0.717, 1.165) is 16.5 Å². The van der Waals surface area contributed by atoms with Crippen molar-refractivity contribution in [1.82, 2.24) is 9.29 Å². The summed E-state index contributed by atoms with van der Waals surface area (Å²) < 4.78 is 26.5. The van der Waals surface area contributed by atoms with Crippen molar-refractivity contribution in [3.63, 3.8) is 0 Å². The molecule has 1 saturated heterocycles. The summed E-state index contributed by atoms with van der Waals surface area (Å²) in [6.45, 7) is 0.781. The second kappa shape index (κ2) is 5.71. The Kier molecular flexibility index (Phi) is 3.93. The highest BCUT2D eigenvalue weighted by Crippen LogP contribution is 2.22. The summed E-state index contributed by atoms with van der Waals surface area (Å²) in [4.78, 5) is 4.30. The predicted molar refractivity (Wildman–Crippen MR) is 81.2 cm³/mol. The maximum absolute atomic E-state index is 12.5. The molecule has 2 heterocycles. The zero-order valence-electron chi connectivity index (χ0n) is 11.6. The smallest absolute Gasteiger partial charge is 0.218 e. The molecule has 0 spiro atoms. The van der Waals surface area contributed by atoms with Crippen molar-refractivity contribution in [3.05, 3.63) is 42.1 Å². The molecule has 1 aliphatic rings. The Bertz CT molecular complexity index is 732. The average Bonchev–Trinajstić information content (AvgIpc) is 2.48. The van der Waals surface area contributed by atoms with Gasteiger partial charge in [-0.15, -0.1) is 0 Å². The molecule has 5 nitrogen and oxygen atoms in total. The quantitative estimate of drug-likeness (QED) is 0.933. The molecule has 1 fully saturated rings. The van der Waals surface area contributed by atoms with Gasteiger partial charge >= 0.3 is 0 Å². The number of piperidine rings is 1. The molecule has 112 valence electrons. The van der Waals surface area contributed by atoms with Crippen molar-refractivity contribution >= 4 is 20.9 Å². The molecular weight excluding hydrogens is 288 g/mol. The van der Waals surface area contributed by atoms with Gasteiger partial charge in [-0.25, -0.2) is 12.7 Å². The number of aliphatic hydroxyl groups excluding tert-OH is 1. The first-order valence-corrected chi connectivity index (χ1v) is 8.66. The van der Waals surface area contributed by atoms with E-state index < -0.39 is 10.0 Å². The van der Waals surface area contributed by atoms with Gasteiger partial charge in [0, 0.05) is 24.7 Å². The Morgan fingerprint density at radius 1 is 1.19 bits per heavy atom. The average molecular weight is 306 g/mol. The molecule has 1 aromatic heterocycles. The lowest BCUT2D eigenvalue weighted by Gasteiger charge is -2.28. The van der Waals surface area contributed by atoms with Gasteiger partial charge in [-0.1, -0.05) is 24.3 Å². The Hall–Kier alpha value is -1.50. The number of sulfonamides is 1. The molecule has 0 atom stereocenters. The molecule has 1 aliphatic heterocycles. The number of aromatic nitrogens is 1. The van der Waals surface area contributed by atoms with Gasteiger partial charge in [0.05, 0.1) is 17.4 Å². The summed E-state index contributed by atoms with van der Waals surface area (Å²) in [5, 5.41) is 10.4. The number of fused-ring (bicyclic) bond motifs is 1. The highest BCUT2D eigenvalue weighted by molar-refractivity contribution is 7.88. The van der Waals surface area contributed by atoms with E-state index in [4.69, 9.17) is 0 Å². The van der Waals surface area contributed by atoms with Crippen LogP contribution in [-0.4, -0.2) is 42.0 Å². The molecule has 0 bridgehead atoms. The SMILES string of the molecule is O=S(=O)(Cc1cccc2cccnc12)N1CCC(O)CC1. The number of hydrogen-bond acceptors (Lipinski definition) is 4. The monoisotopic (exact) mass is 306 g/mol. The molecule has 1 aromatic carbocycles. The lowest BCUT2D eigenvalue weighted by atomic mass is 10.1. The van der Waals surface area contributed by atoms with Crippen LogP contribution in [0.1, 0.15) is 18.4 Å². The van der Waals surface area contributed by atoms with Gasteiger partial charge in [0.1, 0.15) is 0 Å². The van der Waals surface area contributed by atoms with Crippen LogP contribution >= 0.6 is 0 Å². The van der Waals surface area contributed by atoms with E-state index >= 15 is 0 Å². The van der Waals surface area contributed by atoms with Crippen LogP contribution in [0.2, 0.25) is 0 Å². The van der Waals surface area contributed by atoms with Crippen LogP contribution in [0.15, 0.2) is 36.5 Å². The predicted octanol–water partition coefficient (Wildman–Crippen LogP) is 1.52. The summed E-state index contributed by atoms with van der Waals surface area (Å²) in [5.74, 6) is -0.0442. The van der Waals surface area contributed by atoms with Crippen LogP contribution in [0.25, 0.3) is 10.9 Å². The van der Waals surface area contributed by atoms with Crippen molar-refractivity contribution in [3.8, 4) is 0 Å². The van der Waals surface area contributed by atoms with E-state index in [2.05, 4.69) is 4.98 Å². The van der Waals surface area contributed by atoms with Crippen molar-refractivity contribution in [1.29, 1.82) is 0 Å². The number of hydrogen-bond donors (Lipinski definition) is 1. The zero-order chi connectivity index (χ0) is 14.9. The van der Waals surface area contributed by atoms with Crippen LogP contribution < -0.4 is 0 Å². The van der Waals surface area contributed by atoms with Gasteiger partial charge in [0.15, 0.2) is 0 Å². The number of nitrogens with zero attached hydrogens (tertiary/aromatic N) is 2. The Morgan fingerprint density at radius 2 is 1.90 bits per heavy atom. The van der Waals surface area contributed by atoms with Gasteiger partial charge < -0.3 is 5.11 Å². The standard InChI is InChI=1S/C15H18N2O3S/c18-14-6-9-17(10-7-14)21(19,20)11-13-4-1-3-12-5-2-8-16-15(12)13/h1-5,8,14,18H,6-7,9-11H2. The normalized spacial score (nSPS) is 18.1. The minimum atomic E-state index is -3.37. The van der Waals surface area contributed by atoms with E-state index in [0.29, 0.717) is 25.9 Å². The maximum atomic E-state index is 12.5. The van der Waals surface area contributed by atoms with Crippen molar-refractivity contribution in [2.75, 3.05) is 13.1 Å². The summed E-state index contributed by atoms with van der Waals surface area (Å²) >= 11 is 0. The molecule has 21 heavy (non-hydrogen) atoms. The molecule has 0 aliphatic carbocycles. The van der Waals surface area contributed by atoms with Gasteiger partial charge in [0.25, 0.3) is 0 Å². The third kappa shape index (κ3) is 3.07. The van der Waals surface area contributed by atoms with E-state index in [1.54, 1.807) is 6.20 Å². The molecule has 3 rings (SSSR count). The van der Waals surface area contributed by atoms with Gasteiger partial charge in [-0.2, -0.15) is 0 Å². The highest BCUT2D eigenvalue weighted by Gasteiger charge is 2.27. The van der Waals surface area contributed by atoms with E-state index in [1.807, 2.05) is 30.3 Å². The van der Waals surface area contributed by atoms with Crippen LogP contribution in [-0.2, 0) is 15.8 Å². The first-order chi connectivity index (χ1) is 10.1. The number of pyridine rings is 1. The van der Waals surface area contributed by atoms with Crippen LogP contribution in [0, 0.1) is 0 Å². The molecule has 2 aromatic rings. The van der Waals surface area contributed by atoms with Gasteiger partial charge in [-0.05, 0) is 24.5 Å². The molecular formula is C15H18N2O3S. The number of aliphatic hydroxyl groups is 1. The first kappa shape index (κ1) is 14.4.